The quantitative estimate of drug-likeness (QED) is 0.903. The van der Waals surface area contributed by atoms with E-state index in [-0.39, 0.29) is 0 Å². The van der Waals surface area contributed by atoms with Crippen LogP contribution in [0.15, 0.2) is 30.5 Å². The molecular formula is C12H11ClN2O2S. The molecule has 0 fully saturated rings. The van der Waals surface area contributed by atoms with Gasteiger partial charge in [-0.3, -0.25) is 0 Å². The van der Waals surface area contributed by atoms with Gasteiger partial charge in [-0.05, 0) is 24.6 Å². The predicted molar refractivity (Wildman–Crippen MR) is 72.3 cm³/mol. The Hall–Kier alpha value is -1.59. The molecule has 2 N–H and O–H groups in total. The summed E-state index contributed by atoms with van der Waals surface area (Å²) >= 11 is 6.93. The number of nitrogens with one attached hydrogen (secondary N) is 1. The van der Waals surface area contributed by atoms with Crippen LogP contribution in [0.2, 0.25) is 4.34 Å². The third kappa shape index (κ3) is 3.00. The Morgan fingerprint density at radius 3 is 2.89 bits per heavy atom. The highest BCUT2D eigenvalue weighted by atomic mass is 35.5. The average molecular weight is 283 g/mol. The zero-order chi connectivity index (χ0) is 13.1. The molecule has 6 heteroatoms. The Morgan fingerprint density at radius 2 is 2.33 bits per heavy atom. The van der Waals surface area contributed by atoms with E-state index < -0.39 is 12.0 Å². The van der Waals surface area contributed by atoms with E-state index in [1.807, 2.05) is 31.2 Å². The topological polar surface area (TPSA) is 62.2 Å². The van der Waals surface area contributed by atoms with E-state index in [1.54, 1.807) is 0 Å². The lowest BCUT2D eigenvalue weighted by molar-refractivity contribution is -0.138. The minimum Gasteiger partial charge on any atom is -0.479 e. The van der Waals surface area contributed by atoms with E-state index in [0.29, 0.717) is 9.34 Å². The van der Waals surface area contributed by atoms with Gasteiger partial charge in [-0.25, -0.2) is 9.78 Å². The first-order valence-corrected chi connectivity index (χ1v) is 6.43. The molecule has 0 aliphatic carbocycles. The summed E-state index contributed by atoms with van der Waals surface area (Å²) in [5, 5.41) is 12.6. The van der Waals surface area contributed by atoms with Crippen molar-refractivity contribution < 1.29 is 9.90 Å². The summed E-state index contributed by atoms with van der Waals surface area (Å²) < 4.78 is 0.474. The number of anilines is 1. The first-order valence-electron chi connectivity index (χ1n) is 5.23. The minimum atomic E-state index is -0.984. The highest BCUT2D eigenvalue weighted by molar-refractivity contribution is 7.16. The van der Waals surface area contributed by atoms with Crippen LogP contribution in [0, 0.1) is 6.92 Å². The van der Waals surface area contributed by atoms with Crippen molar-refractivity contribution in [3.05, 3.63) is 45.4 Å². The summed E-state index contributed by atoms with van der Waals surface area (Å²) in [4.78, 5) is 15.3. The highest BCUT2D eigenvalue weighted by Crippen LogP contribution is 2.27. The summed E-state index contributed by atoms with van der Waals surface area (Å²) in [6.07, 6.45) is 1.45. The van der Waals surface area contributed by atoms with Crippen LogP contribution in [0.5, 0.6) is 0 Å². The van der Waals surface area contributed by atoms with Gasteiger partial charge in [0.2, 0.25) is 0 Å². The second-order valence-electron chi connectivity index (χ2n) is 3.79. The van der Waals surface area contributed by atoms with Crippen LogP contribution in [0.4, 0.5) is 5.69 Å². The number of aromatic nitrogens is 1. The molecule has 1 atom stereocenters. The number of carbonyl (C=O) groups is 1. The van der Waals surface area contributed by atoms with Crippen LogP contribution in [-0.2, 0) is 4.79 Å². The van der Waals surface area contributed by atoms with Crippen LogP contribution < -0.4 is 5.32 Å². The van der Waals surface area contributed by atoms with Gasteiger partial charge in [-0.1, -0.05) is 23.7 Å². The van der Waals surface area contributed by atoms with Crippen molar-refractivity contribution in [2.45, 2.75) is 13.0 Å². The molecule has 0 saturated heterocycles. The van der Waals surface area contributed by atoms with E-state index in [4.69, 9.17) is 11.6 Å². The number of thiazole rings is 1. The van der Waals surface area contributed by atoms with Gasteiger partial charge >= 0.3 is 5.97 Å². The fraction of sp³-hybridized carbons (Fsp3) is 0.167. The van der Waals surface area contributed by atoms with Crippen molar-refractivity contribution in [3.63, 3.8) is 0 Å². The number of benzene rings is 1. The van der Waals surface area contributed by atoms with Gasteiger partial charge in [0, 0.05) is 5.69 Å². The number of carboxylic acids is 1. The lowest BCUT2D eigenvalue weighted by atomic mass is 10.2. The van der Waals surface area contributed by atoms with Crippen LogP contribution >= 0.6 is 22.9 Å². The average Bonchev–Trinajstić information content (AvgIpc) is 2.72. The van der Waals surface area contributed by atoms with Gasteiger partial charge in [0.1, 0.15) is 9.34 Å². The molecule has 0 aliphatic heterocycles. The maximum Gasteiger partial charge on any atom is 0.333 e. The monoisotopic (exact) mass is 282 g/mol. The first-order chi connectivity index (χ1) is 8.56. The maximum atomic E-state index is 11.3. The standard InChI is InChI=1S/C12H11ClN2O2S/c1-7-3-2-4-8(5-7)15-10(12(16)17)11-14-6-9(13)18-11/h2-6,10,15H,1H3,(H,16,17). The summed E-state index contributed by atoms with van der Waals surface area (Å²) in [6, 6.07) is 6.62. The Morgan fingerprint density at radius 1 is 1.56 bits per heavy atom. The molecule has 0 saturated carbocycles. The summed E-state index contributed by atoms with van der Waals surface area (Å²) in [5.41, 5.74) is 1.80. The predicted octanol–water partition coefficient (Wildman–Crippen LogP) is 3.34. The van der Waals surface area contributed by atoms with E-state index >= 15 is 0 Å². The molecule has 2 aromatic rings. The Labute approximate surface area is 113 Å². The zero-order valence-corrected chi connectivity index (χ0v) is 11.1. The van der Waals surface area contributed by atoms with Crippen molar-refractivity contribution in [1.82, 2.24) is 4.98 Å². The molecule has 2 rings (SSSR count). The van der Waals surface area contributed by atoms with Gasteiger partial charge < -0.3 is 10.4 Å². The fourth-order valence-electron chi connectivity index (χ4n) is 1.53. The molecule has 1 unspecified atom stereocenters. The normalized spacial score (nSPS) is 12.1. The summed E-state index contributed by atoms with van der Waals surface area (Å²) in [7, 11) is 0. The Bertz CT molecular complexity index is 571. The molecule has 1 aromatic heterocycles. The smallest absolute Gasteiger partial charge is 0.333 e. The van der Waals surface area contributed by atoms with Crippen LogP contribution in [0.3, 0.4) is 0 Å². The SMILES string of the molecule is Cc1cccc(NC(C(=O)O)c2ncc(Cl)s2)c1. The summed E-state index contributed by atoms with van der Waals surface area (Å²) in [6.45, 7) is 1.95. The number of hydrogen-bond acceptors (Lipinski definition) is 4. The first kappa shape index (κ1) is 12.9. The molecule has 94 valence electrons. The van der Waals surface area contributed by atoms with Gasteiger partial charge in [-0.15, -0.1) is 11.3 Å². The molecular weight excluding hydrogens is 272 g/mol. The van der Waals surface area contributed by atoms with Crippen molar-refractivity contribution in [3.8, 4) is 0 Å². The molecule has 18 heavy (non-hydrogen) atoms. The largest absolute Gasteiger partial charge is 0.479 e. The van der Waals surface area contributed by atoms with Crippen LogP contribution in [0.25, 0.3) is 0 Å². The molecule has 0 spiro atoms. The van der Waals surface area contributed by atoms with Crippen molar-refractivity contribution >= 4 is 34.6 Å². The molecule has 0 radical (unpaired) electrons. The van der Waals surface area contributed by atoms with E-state index in [2.05, 4.69) is 10.3 Å². The second-order valence-corrected chi connectivity index (χ2v) is 5.48. The van der Waals surface area contributed by atoms with E-state index in [1.165, 1.54) is 6.20 Å². The van der Waals surface area contributed by atoms with Gasteiger partial charge in [0.15, 0.2) is 6.04 Å². The number of aryl methyl sites for hydroxylation is 1. The number of halogens is 1. The lowest BCUT2D eigenvalue weighted by Gasteiger charge is -2.13. The number of nitrogens with zero attached hydrogens (tertiary/aromatic N) is 1. The molecule has 1 heterocycles. The maximum absolute atomic E-state index is 11.3. The highest BCUT2D eigenvalue weighted by Gasteiger charge is 2.23. The molecule has 0 amide bonds. The van der Waals surface area contributed by atoms with Gasteiger partial charge in [0.25, 0.3) is 0 Å². The summed E-state index contributed by atoms with van der Waals surface area (Å²) in [5.74, 6) is -0.984. The number of aliphatic carboxylic acids is 1. The number of rotatable bonds is 4. The van der Waals surface area contributed by atoms with Crippen molar-refractivity contribution in [2.24, 2.45) is 0 Å². The van der Waals surface area contributed by atoms with E-state index in [0.717, 1.165) is 22.6 Å². The van der Waals surface area contributed by atoms with Gasteiger partial charge in [-0.2, -0.15) is 0 Å². The van der Waals surface area contributed by atoms with Crippen molar-refractivity contribution in [1.29, 1.82) is 0 Å². The minimum absolute atomic E-state index is 0.439. The third-order valence-electron chi connectivity index (χ3n) is 2.32. The number of carboxylic acid groups (broad SMARTS) is 1. The Balaban J connectivity index is 2.24. The molecule has 4 nitrogen and oxygen atoms in total. The van der Waals surface area contributed by atoms with Gasteiger partial charge in [0.05, 0.1) is 6.20 Å². The molecule has 0 bridgehead atoms. The lowest BCUT2D eigenvalue weighted by Crippen LogP contribution is -2.20. The zero-order valence-electron chi connectivity index (χ0n) is 9.55. The fourth-order valence-corrected chi connectivity index (χ4v) is 2.51. The van der Waals surface area contributed by atoms with E-state index in [9.17, 15) is 9.90 Å². The van der Waals surface area contributed by atoms with Crippen LogP contribution in [-0.4, -0.2) is 16.1 Å². The molecule has 0 aliphatic rings. The second kappa shape index (κ2) is 5.37. The van der Waals surface area contributed by atoms with Crippen molar-refractivity contribution in [2.75, 3.05) is 5.32 Å². The molecule has 1 aromatic carbocycles. The van der Waals surface area contributed by atoms with Crippen LogP contribution in [0.1, 0.15) is 16.6 Å². The third-order valence-corrected chi connectivity index (χ3v) is 3.50. The Kier molecular flexibility index (Phi) is 3.84. The number of hydrogen-bond donors (Lipinski definition) is 2.